The number of hydrogen-bond donors (Lipinski definition) is 5. The average Bonchev–Trinajstić information content (AvgIpc) is 2.91. The predicted octanol–water partition coefficient (Wildman–Crippen LogP) is 3.51. The zero-order chi connectivity index (χ0) is 31.0. The molecule has 3 rings (SSSR count). The molecular weight excluding hydrogens is 540 g/mol. The predicted molar refractivity (Wildman–Crippen MR) is 159 cm³/mol. The van der Waals surface area contributed by atoms with Gasteiger partial charge in [0.15, 0.2) is 0 Å². The minimum atomic E-state index is -1.42. The number of benzene rings is 3. The van der Waals surface area contributed by atoms with E-state index in [1.54, 1.807) is 52.0 Å². The number of anilines is 1. The zero-order valence-electron chi connectivity index (χ0n) is 24.2. The van der Waals surface area contributed by atoms with Gasteiger partial charge in [-0.15, -0.1) is 0 Å². The quantitative estimate of drug-likeness (QED) is 0.232. The van der Waals surface area contributed by atoms with Crippen LogP contribution in [0.1, 0.15) is 50.8 Å². The van der Waals surface area contributed by atoms with Gasteiger partial charge in [0, 0.05) is 24.2 Å². The fourth-order valence-corrected chi connectivity index (χ4v) is 4.50. The number of aliphatic hydroxyl groups excluding tert-OH is 1. The van der Waals surface area contributed by atoms with E-state index in [4.69, 9.17) is 10.5 Å². The van der Waals surface area contributed by atoms with Crippen LogP contribution >= 0.6 is 0 Å². The Bertz CT molecular complexity index is 1450. The number of aryl methyl sites for hydroxylation is 1. The maximum absolute atomic E-state index is 14.0. The number of alkyl carbamates (subject to hydrolysis) is 1. The molecule has 0 saturated carbocycles. The minimum absolute atomic E-state index is 0.112. The van der Waals surface area contributed by atoms with Crippen molar-refractivity contribution in [2.24, 2.45) is 5.73 Å². The summed E-state index contributed by atoms with van der Waals surface area (Å²) in [6, 6.07) is 14.9. The number of carbonyl (C=O) groups is 4. The van der Waals surface area contributed by atoms with Crippen molar-refractivity contribution in [3.05, 3.63) is 71.8 Å². The van der Waals surface area contributed by atoms with Gasteiger partial charge in [-0.2, -0.15) is 0 Å². The molecule has 0 saturated heterocycles. The molecule has 4 amide bonds. The molecule has 0 radical (unpaired) electrons. The Hall–Kier alpha value is -4.64. The van der Waals surface area contributed by atoms with E-state index in [9.17, 15) is 29.4 Å². The number of ether oxygens (including phenoxy) is 1. The Morgan fingerprint density at radius 2 is 1.69 bits per heavy atom. The first-order valence-corrected chi connectivity index (χ1v) is 13.6. The Kier molecular flexibility index (Phi) is 10.5. The Morgan fingerprint density at radius 1 is 1.00 bits per heavy atom. The Balaban J connectivity index is 2.05. The van der Waals surface area contributed by atoms with Gasteiger partial charge < -0.3 is 36.2 Å². The lowest BCUT2D eigenvalue weighted by atomic mass is 9.98. The van der Waals surface area contributed by atoms with E-state index in [0.717, 1.165) is 15.7 Å². The summed E-state index contributed by atoms with van der Waals surface area (Å²) in [5.74, 6) is -2.36. The molecule has 11 nitrogen and oxygen atoms in total. The number of fused-ring (bicyclic) bond motifs is 1. The smallest absolute Gasteiger partial charge is 0.408 e. The second-order valence-electron chi connectivity index (χ2n) is 10.9. The highest BCUT2D eigenvalue weighted by Crippen LogP contribution is 2.33. The van der Waals surface area contributed by atoms with Gasteiger partial charge >= 0.3 is 6.09 Å². The number of amides is 4. The van der Waals surface area contributed by atoms with Gasteiger partial charge in [0.25, 0.3) is 5.91 Å². The van der Waals surface area contributed by atoms with Crippen molar-refractivity contribution in [1.29, 1.82) is 0 Å². The molecular formula is C31H38N4O7. The van der Waals surface area contributed by atoms with Crippen LogP contribution in [-0.2, 0) is 19.1 Å². The van der Waals surface area contributed by atoms with Crippen molar-refractivity contribution in [3.63, 3.8) is 0 Å². The van der Waals surface area contributed by atoms with Gasteiger partial charge in [0.2, 0.25) is 11.8 Å². The number of carbonyl (C=O) groups excluding carboxylic acids is 4. The number of hydrogen-bond acceptors (Lipinski definition) is 7. The van der Waals surface area contributed by atoms with Crippen molar-refractivity contribution >= 4 is 40.3 Å². The molecule has 0 spiro atoms. The van der Waals surface area contributed by atoms with Crippen LogP contribution in [0.25, 0.3) is 10.8 Å². The van der Waals surface area contributed by atoms with Crippen LogP contribution in [0.5, 0.6) is 5.75 Å². The molecule has 2 unspecified atom stereocenters. The van der Waals surface area contributed by atoms with Crippen molar-refractivity contribution in [3.8, 4) is 5.75 Å². The summed E-state index contributed by atoms with van der Waals surface area (Å²) in [6.07, 6.45) is -1.35. The fraction of sp³-hybridized carbons (Fsp3) is 0.355. The Morgan fingerprint density at radius 3 is 2.33 bits per heavy atom. The maximum atomic E-state index is 14.0. The van der Waals surface area contributed by atoms with Gasteiger partial charge in [-0.25, -0.2) is 4.79 Å². The minimum Gasteiger partial charge on any atom is -0.507 e. The standard InChI is InChI=1S/C31H38N4O7/c1-19-8-7-11-23(27(19)38)26(28(39)33-22-13-12-20-9-5-6-10-21(20)18-22)35(16-17-36)29(40)24(14-15-25(32)37)34-30(41)42-31(2,3)4/h5-13,18,24,26,36,38H,14-17H2,1-4H3,(H2,32,37)(H,33,39)(H,34,41). The third kappa shape index (κ3) is 8.43. The number of nitrogens with two attached hydrogens (primary N) is 1. The number of para-hydroxylation sites is 1. The summed E-state index contributed by atoms with van der Waals surface area (Å²) in [5, 5.41) is 28.1. The van der Waals surface area contributed by atoms with Gasteiger partial charge in [0.1, 0.15) is 23.4 Å². The summed E-state index contributed by atoms with van der Waals surface area (Å²) < 4.78 is 5.30. The summed E-state index contributed by atoms with van der Waals surface area (Å²) in [5.41, 5.74) is 5.47. The largest absolute Gasteiger partial charge is 0.507 e. The van der Waals surface area contributed by atoms with Crippen molar-refractivity contribution in [2.75, 3.05) is 18.5 Å². The lowest BCUT2D eigenvalue weighted by molar-refractivity contribution is -0.141. The van der Waals surface area contributed by atoms with Crippen molar-refractivity contribution in [2.45, 2.75) is 58.2 Å². The zero-order valence-corrected chi connectivity index (χ0v) is 24.2. The molecule has 0 bridgehead atoms. The van der Waals surface area contributed by atoms with Crippen LogP contribution in [0, 0.1) is 6.92 Å². The number of aliphatic hydroxyl groups is 1. The maximum Gasteiger partial charge on any atom is 0.408 e. The van der Waals surface area contributed by atoms with E-state index in [1.807, 2.05) is 30.3 Å². The van der Waals surface area contributed by atoms with Gasteiger partial charge in [-0.05, 0) is 62.6 Å². The molecule has 2 atom stereocenters. The topological polar surface area (TPSA) is 171 Å². The van der Waals surface area contributed by atoms with Crippen LogP contribution in [-0.4, -0.2) is 63.7 Å². The summed E-state index contributed by atoms with van der Waals surface area (Å²) in [7, 11) is 0. The van der Waals surface area contributed by atoms with E-state index in [2.05, 4.69) is 10.6 Å². The van der Waals surface area contributed by atoms with Gasteiger partial charge in [-0.1, -0.05) is 48.5 Å². The number of phenolic OH excluding ortho intramolecular Hbond substituents is 1. The summed E-state index contributed by atoms with van der Waals surface area (Å²) in [6.45, 7) is 5.74. The van der Waals surface area contributed by atoms with Crippen molar-refractivity contribution in [1.82, 2.24) is 10.2 Å². The van der Waals surface area contributed by atoms with E-state index >= 15 is 0 Å². The first-order chi connectivity index (χ1) is 19.8. The molecule has 0 heterocycles. The van der Waals surface area contributed by atoms with Crippen LogP contribution < -0.4 is 16.4 Å². The highest BCUT2D eigenvalue weighted by Gasteiger charge is 2.37. The second kappa shape index (κ2) is 13.8. The molecule has 0 aliphatic rings. The van der Waals surface area contributed by atoms with Crippen LogP contribution in [0.4, 0.5) is 10.5 Å². The summed E-state index contributed by atoms with van der Waals surface area (Å²) >= 11 is 0. The first-order valence-electron chi connectivity index (χ1n) is 13.6. The summed E-state index contributed by atoms with van der Waals surface area (Å²) in [4.78, 5) is 53.3. The number of primary amides is 1. The monoisotopic (exact) mass is 578 g/mol. The number of rotatable bonds is 11. The highest BCUT2D eigenvalue weighted by molar-refractivity contribution is 6.01. The lowest BCUT2D eigenvalue weighted by Crippen LogP contribution is -2.53. The molecule has 11 heteroatoms. The van der Waals surface area contributed by atoms with Crippen molar-refractivity contribution < 1.29 is 34.1 Å². The molecule has 0 aromatic heterocycles. The van der Waals surface area contributed by atoms with E-state index in [1.165, 1.54) is 6.07 Å². The fourth-order valence-electron chi connectivity index (χ4n) is 4.50. The lowest BCUT2D eigenvalue weighted by Gasteiger charge is -2.34. The van der Waals surface area contributed by atoms with Crippen LogP contribution in [0.15, 0.2) is 60.7 Å². The van der Waals surface area contributed by atoms with Gasteiger partial charge in [0.05, 0.1) is 6.61 Å². The third-order valence-electron chi connectivity index (χ3n) is 6.43. The molecule has 3 aromatic rings. The molecule has 0 fully saturated rings. The van der Waals surface area contributed by atoms with E-state index in [0.29, 0.717) is 11.3 Å². The average molecular weight is 579 g/mol. The first kappa shape index (κ1) is 31.9. The second-order valence-corrected chi connectivity index (χ2v) is 10.9. The normalized spacial score (nSPS) is 12.7. The Labute approximate surface area is 244 Å². The molecule has 224 valence electrons. The SMILES string of the molecule is Cc1cccc(C(C(=O)Nc2ccc3ccccc3c2)N(CCO)C(=O)C(CCC(N)=O)NC(=O)OC(C)(C)C)c1O. The van der Waals surface area contributed by atoms with E-state index in [-0.39, 0.29) is 30.7 Å². The molecule has 0 aliphatic carbocycles. The van der Waals surface area contributed by atoms with Crippen LogP contribution in [0.3, 0.4) is 0 Å². The highest BCUT2D eigenvalue weighted by atomic mass is 16.6. The number of nitrogens with zero attached hydrogens (tertiary/aromatic N) is 1. The molecule has 6 N–H and O–H groups in total. The molecule has 42 heavy (non-hydrogen) atoms. The molecule has 3 aromatic carbocycles. The number of nitrogens with one attached hydrogen (secondary N) is 2. The third-order valence-corrected chi connectivity index (χ3v) is 6.43. The molecule has 0 aliphatic heterocycles. The van der Waals surface area contributed by atoms with E-state index < -0.39 is 48.1 Å². The number of aromatic hydroxyl groups is 1. The van der Waals surface area contributed by atoms with Gasteiger partial charge in [-0.3, -0.25) is 14.4 Å². The van der Waals surface area contributed by atoms with Crippen LogP contribution in [0.2, 0.25) is 0 Å². The number of phenols is 1.